The SMILES string of the molecule is O=C(Oc1ccccc1)c1cc(Cl)c(Oc2cnc(C3CC3)c(Cl)c2)cc1F. The Hall–Kier alpha value is -2.63. The van der Waals surface area contributed by atoms with Gasteiger partial charge < -0.3 is 9.47 Å². The van der Waals surface area contributed by atoms with Crippen molar-refractivity contribution in [1.82, 2.24) is 4.98 Å². The number of hydrogen-bond donors (Lipinski definition) is 0. The molecule has 0 aliphatic heterocycles. The van der Waals surface area contributed by atoms with E-state index in [-0.39, 0.29) is 16.3 Å². The molecule has 0 unspecified atom stereocenters. The van der Waals surface area contributed by atoms with E-state index >= 15 is 0 Å². The monoisotopic (exact) mass is 417 g/mol. The fraction of sp³-hybridized carbons (Fsp3) is 0.143. The van der Waals surface area contributed by atoms with Crippen molar-refractivity contribution in [2.75, 3.05) is 0 Å². The molecule has 4 nitrogen and oxygen atoms in total. The Morgan fingerprint density at radius 1 is 1.04 bits per heavy atom. The first-order chi connectivity index (χ1) is 13.5. The summed E-state index contributed by atoms with van der Waals surface area (Å²) in [5, 5.41) is 0.559. The molecule has 4 rings (SSSR count). The molecular weight excluding hydrogens is 404 g/mol. The zero-order chi connectivity index (χ0) is 19.7. The van der Waals surface area contributed by atoms with Crippen LogP contribution in [0.1, 0.15) is 34.8 Å². The van der Waals surface area contributed by atoms with E-state index in [1.165, 1.54) is 12.3 Å². The van der Waals surface area contributed by atoms with Crippen LogP contribution in [0.5, 0.6) is 17.2 Å². The van der Waals surface area contributed by atoms with E-state index in [1.807, 2.05) is 0 Å². The van der Waals surface area contributed by atoms with Gasteiger partial charge in [-0.25, -0.2) is 9.18 Å². The number of benzene rings is 2. The normalized spacial score (nSPS) is 13.2. The van der Waals surface area contributed by atoms with Crippen molar-refractivity contribution in [3.05, 3.63) is 81.8 Å². The number of carbonyl (C=O) groups excluding carboxylic acids is 1. The van der Waals surface area contributed by atoms with Crippen LogP contribution in [0.15, 0.2) is 54.7 Å². The molecule has 1 aliphatic carbocycles. The van der Waals surface area contributed by atoms with E-state index in [1.54, 1.807) is 36.4 Å². The number of pyridine rings is 1. The van der Waals surface area contributed by atoms with Crippen molar-refractivity contribution in [2.45, 2.75) is 18.8 Å². The standard InChI is InChI=1S/C21H14Cl2FNO3/c22-16-9-15(21(26)28-13-4-2-1-3-5-13)18(24)10-19(16)27-14-8-17(23)20(25-11-14)12-6-7-12/h1-5,8-12H,6-7H2. The lowest BCUT2D eigenvalue weighted by molar-refractivity contribution is 0.0730. The molecule has 0 spiro atoms. The molecule has 0 radical (unpaired) electrons. The third-order valence-corrected chi connectivity index (χ3v) is 4.83. The quantitative estimate of drug-likeness (QED) is 0.355. The molecule has 1 fully saturated rings. The number of esters is 1. The van der Waals surface area contributed by atoms with Gasteiger partial charge in [0.05, 0.1) is 27.5 Å². The zero-order valence-corrected chi connectivity index (χ0v) is 16.0. The second-order valence-corrected chi connectivity index (χ2v) is 7.19. The van der Waals surface area contributed by atoms with Gasteiger partial charge in [-0.3, -0.25) is 4.98 Å². The van der Waals surface area contributed by atoms with Crippen LogP contribution >= 0.6 is 23.2 Å². The van der Waals surface area contributed by atoms with Gasteiger partial charge in [-0.1, -0.05) is 41.4 Å². The molecule has 1 aromatic heterocycles. The van der Waals surface area contributed by atoms with Crippen molar-refractivity contribution in [3.63, 3.8) is 0 Å². The molecular formula is C21H14Cl2FNO3. The molecule has 0 atom stereocenters. The van der Waals surface area contributed by atoms with E-state index in [0.29, 0.717) is 22.4 Å². The van der Waals surface area contributed by atoms with Crippen molar-refractivity contribution in [1.29, 1.82) is 0 Å². The summed E-state index contributed by atoms with van der Waals surface area (Å²) in [5.41, 5.74) is 0.548. The molecule has 0 bridgehead atoms. The van der Waals surface area contributed by atoms with Gasteiger partial charge in [-0.05, 0) is 31.0 Å². The summed E-state index contributed by atoms with van der Waals surface area (Å²) in [4.78, 5) is 16.5. The molecule has 1 saturated carbocycles. The predicted octanol–water partition coefficient (Wildman–Crippen LogP) is 6.42. The van der Waals surface area contributed by atoms with E-state index in [2.05, 4.69) is 4.98 Å². The van der Waals surface area contributed by atoms with Crippen molar-refractivity contribution >= 4 is 29.2 Å². The molecule has 142 valence electrons. The highest BCUT2D eigenvalue weighted by Crippen LogP contribution is 2.43. The molecule has 0 amide bonds. The van der Waals surface area contributed by atoms with Gasteiger partial charge in [0.15, 0.2) is 0 Å². The van der Waals surface area contributed by atoms with Gasteiger partial charge >= 0.3 is 5.97 Å². The van der Waals surface area contributed by atoms with Crippen molar-refractivity contribution < 1.29 is 18.7 Å². The van der Waals surface area contributed by atoms with Crippen LogP contribution in [-0.4, -0.2) is 11.0 Å². The van der Waals surface area contributed by atoms with Gasteiger partial charge in [0.25, 0.3) is 0 Å². The van der Waals surface area contributed by atoms with Gasteiger partial charge in [-0.2, -0.15) is 0 Å². The minimum atomic E-state index is -0.851. The number of ether oxygens (including phenoxy) is 2. The fourth-order valence-corrected chi connectivity index (χ4v) is 3.20. The van der Waals surface area contributed by atoms with E-state index < -0.39 is 11.8 Å². The molecule has 0 N–H and O–H groups in total. The zero-order valence-electron chi connectivity index (χ0n) is 14.5. The van der Waals surface area contributed by atoms with E-state index in [0.717, 1.165) is 24.6 Å². The minimum Gasteiger partial charge on any atom is -0.454 e. The first-order valence-electron chi connectivity index (χ1n) is 8.61. The Kier molecular flexibility index (Phi) is 5.20. The lowest BCUT2D eigenvalue weighted by Crippen LogP contribution is -2.11. The topological polar surface area (TPSA) is 48.4 Å². The number of aromatic nitrogens is 1. The number of nitrogens with zero attached hydrogens (tertiary/aromatic N) is 1. The number of hydrogen-bond acceptors (Lipinski definition) is 4. The van der Waals surface area contributed by atoms with Crippen molar-refractivity contribution in [2.24, 2.45) is 0 Å². The first kappa shape index (κ1) is 18.7. The molecule has 0 saturated heterocycles. The summed E-state index contributed by atoms with van der Waals surface area (Å²) in [6, 6.07) is 12.2. The lowest BCUT2D eigenvalue weighted by Gasteiger charge is -2.11. The highest BCUT2D eigenvalue weighted by atomic mass is 35.5. The molecule has 3 aromatic rings. The maximum atomic E-state index is 14.5. The van der Waals surface area contributed by atoms with Gasteiger partial charge in [0, 0.05) is 18.1 Å². The maximum Gasteiger partial charge on any atom is 0.346 e. The van der Waals surface area contributed by atoms with Crippen LogP contribution in [0.3, 0.4) is 0 Å². The average molecular weight is 418 g/mol. The number of halogens is 3. The molecule has 1 aliphatic rings. The summed E-state index contributed by atoms with van der Waals surface area (Å²) >= 11 is 12.4. The Labute approximate surface area is 170 Å². The Balaban J connectivity index is 1.54. The minimum absolute atomic E-state index is 0.0486. The first-order valence-corrected chi connectivity index (χ1v) is 9.36. The van der Waals surface area contributed by atoms with Crippen molar-refractivity contribution in [3.8, 4) is 17.2 Å². The summed E-state index contributed by atoms with van der Waals surface area (Å²) in [7, 11) is 0. The van der Waals surface area contributed by atoms with Gasteiger partial charge in [0.1, 0.15) is 23.1 Å². The summed E-state index contributed by atoms with van der Waals surface area (Å²) in [6.07, 6.45) is 3.67. The lowest BCUT2D eigenvalue weighted by atomic mass is 10.2. The van der Waals surface area contributed by atoms with Crippen LogP contribution in [0, 0.1) is 5.82 Å². The molecule has 2 aromatic carbocycles. The van der Waals surface area contributed by atoms with Crippen LogP contribution in [-0.2, 0) is 0 Å². The highest BCUT2D eigenvalue weighted by Gasteiger charge is 2.27. The van der Waals surface area contributed by atoms with Gasteiger partial charge in [0.2, 0.25) is 0 Å². The Morgan fingerprint density at radius 2 is 1.79 bits per heavy atom. The van der Waals surface area contributed by atoms with E-state index in [4.69, 9.17) is 32.7 Å². The highest BCUT2D eigenvalue weighted by molar-refractivity contribution is 6.32. The van der Waals surface area contributed by atoms with Crippen LogP contribution in [0.2, 0.25) is 10.0 Å². The Morgan fingerprint density at radius 3 is 2.46 bits per heavy atom. The van der Waals surface area contributed by atoms with Crippen LogP contribution in [0.4, 0.5) is 4.39 Å². The Bertz CT molecular complexity index is 1040. The van der Waals surface area contributed by atoms with E-state index in [9.17, 15) is 9.18 Å². The number of para-hydroxylation sites is 1. The predicted molar refractivity (Wildman–Crippen MR) is 104 cm³/mol. The second-order valence-electron chi connectivity index (χ2n) is 6.38. The van der Waals surface area contributed by atoms with Crippen LogP contribution < -0.4 is 9.47 Å². The smallest absolute Gasteiger partial charge is 0.346 e. The van der Waals surface area contributed by atoms with Gasteiger partial charge in [-0.15, -0.1) is 0 Å². The summed E-state index contributed by atoms with van der Waals surface area (Å²) in [6.45, 7) is 0. The fourth-order valence-electron chi connectivity index (χ4n) is 2.68. The number of carbonyl (C=O) groups is 1. The summed E-state index contributed by atoms with van der Waals surface area (Å²) in [5.74, 6) is -0.579. The molecule has 1 heterocycles. The third kappa shape index (κ3) is 4.11. The average Bonchev–Trinajstić information content (AvgIpc) is 3.50. The molecule has 7 heteroatoms. The molecule has 28 heavy (non-hydrogen) atoms. The van der Waals surface area contributed by atoms with Crippen LogP contribution in [0.25, 0.3) is 0 Å². The second kappa shape index (κ2) is 7.78. The third-order valence-electron chi connectivity index (χ3n) is 4.23. The maximum absolute atomic E-state index is 14.5. The largest absolute Gasteiger partial charge is 0.454 e. The number of rotatable bonds is 5. The summed E-state index contributed by atoms with van der Waals surface area (Å²) < 4.78 is 25.2.